The van der Waals surface area contributed by atoms with Gasteiger partial charge in [0.25, 0.3) is 0 Å². The average Bonchev–Trinajstić information content (AvgIpc) is 2.97. The minimum absolute atomic E-state index is 0.00577. The third-order valence-corrected chi connectivity index (χ3v) is 3.44. The Labute approximate surface area is 99.6 Å². The van der Waals surface area contributed by atoms with Gasteiger partial charge in [0.15, 0.2) is 5.78 Å². The number of nitrogens with zero attached hydrogens (tertiary/aromatic N) is 2. The van der Waals surface area contributed by atoms with Gasteiger partial charge in [-0.15, -0.1) is 0 Å². The van der Waals surface area contributed by atoms with E-state index in [1.165, 1.54) is 0 Å². The second-order valence-corrected chi connectivity index (χ2v) is 4.56. The molecule has 2 aromatic heterocycles. The summed E-state index contributed by atoms with van der Waals surface area (Å²) in [6.07, 6.45) is 7.48. The molecule has 88 valence electrons. The maximum Gasteiger partial charge on any atom is 0.181 e. The van der Waals surface area contributed by atoms with Gasteiger partial charge in [0, 0.05) is 30.4 Å². The van der Waals surface area contributed by atoms with Gasteiger partial charge >= 0.3 is 0 Å². The van der Waals surface area contributed by atoms with Crippen molar-refractivity contribution < 1.29 is 4.79 Å². The van der Waals surface area contributed by atoms with Crippen LogP contribution >= 0.6 is 0 Å². The molecule has 1 atom stereocenters. The monoisotopic (exact) mass is 229 g/mol. The minimum atomic E-state index is -0.00577. The fourth-order valence-corrected chi connectivity index (χ4v) is 2.52. The van der Waals surface area contributed by atoms with Crippen LogP contribution in [0.15, 0.2) is 24.7 Å². The molecule has 1 fully saturated rings. The Hall–Kier alpha value is -1.68. The number of nitrogens with one attached hydrogen (secondary N) is 1. The van der Waals surface area contributed by atoms with Crippen LogP contribution in [-0.4, -0.2) is 27.9 Å². The Balaban J connectivity index is 2.08. The molecule has 3 rings (SSSR count). The summed E-state index contributed by atoms with van der Waals surface area (Å²) >= 11 is 0. The molecule has 1 unspecified atom stereocenters. The van der Waals surface area contributed by atoms with Crippen LogP contribution in [0.4, 0.5) is 0 Å². The smallest absolute Gasteiger partial charge is 0.181 e. The van der Waals surface area contributed by atoms with E-state index < -0.39 is 0 Å². The van der Waals surface area contributed by atoms with E-state index in [1.807, 2.05) is 23.9 Å². The summed E-state index contributed by atoms with van der Waals surface area (Å²) in [6.45, 7) is 0.947. The summed E-state index contributed by atoms with van der Waals surface area (Å²) in [7, 11) is 1.95. The van der Waals surface area contributed by atoms with Crippen molar-refractivity contribution in [3.05, 3.63) is 30.2 Å². The highest BCUT2D eigenvalue weighted by molar-refractivity contribution is 6.10. The lowest BCUT2D eigenvalue weighted by molar-refractivity contribution is 0.0954. The molecule has 4 heteroatoms. The van der Waals surface area contributed by atoms with Gasteiger partial charge in [0.2, 0.25) is 0 Å². The molecule has 1 N–H and O–H groups in total. The Bertz CT molecular complexity index is 567. The highest BCUT2D eigenvalue weighted by atomic mass is 16.1. The van der Waals surface area contributed by atoms with E-state index in [9.17, 15) is 4.79 Å². The van der Waals surface area contributed by atoms with Crippen LogP contribution in [0.1, 0.15) is 23.2 Å². The summed E-state index contributed by atoms with van der Waals surface area (Å²) < 4.78 is 1.96. The largest absolute Gasteiger partial charge is 0.349 e. The van der Waals surface area contributed by atoms with Crippen LogP contribution in [0, 0.1) is 0 Å². The van der Waals surface area contributed by atoms with Gasteiger partial charge in [-0.25, -0.2) is 0 Å². The van der Waals surface area contributed by atoms with E-state index >= 15 is 0 Å². The first kappa shape index (κ1) is 10.5. The standard InChI is InChI=1S/C13H15N3O/c1-16-8-10(9-4-6-14-7-12(9)16)13(17)11-3-2-5-15-11/h4,6-8,11,15H,2-3,5H2,1H3. The summed E-state index contributed by atoms with van der Waals surface area (Å²) in [5.74, 6) is 0.208. The molecular weight excluding hydrogens is 214 g/mol. The Morgan fingerprint density at radius 3 is 3.24 bits per heavy atom. The lowest BCUT2D eigenvalue weighted by Gasteiger charge is -2.07. The number of pyridine rings is 1. The SMILES string of the molecule is Cn1cc(C(=O)C2CCCN2)c2ccncc21. The van der Waals surface area contributed by atoms with Crippen molar-refractivity contribution in [3.63, 3.8) is 0 Å². The molecule has 2 aromatic rings. The van der Waals surface area contributed by atoms with Crippen molar-refractivity contribution in [2.45, 2.75) is 18.9 Å². The molecule has 1 aliphatic heterocycles. The zero-order valence-corrected chi connectivity index (χ0v) is 9.81. The molecule has 0 radical (unpaired) electrons. The maximum atomic E-state index is 12.4. The lowest BCUT2D eigenvalue weighted by atomic mass is 10.0. The molecule has 4 nitrogen and oxygen atoms in total. The van der Waals surface area contributed by atoms with Crippen molar-refractivity contribution in [1.82, 2.24) is 14.9 Å². The molecule has 0 spiro atoms. The number of rotatable bonds is 2. The topological polar surface area (TPSA) is 46.9 Å². The van der Waals surface area contributed by atoms with Crippen LogP contribution in [0.5, 0.6) is 0 Å². The normalized spacial score (nSPS) is 19.9. The number of Topliss-reactive ketones (excluding diaryl/α,β-unsaturated/α-hetero) is 1. The molecule has 17 heavy (non-hydrogen) atoms. The summed E-state index contributed by atoms with van der Waals surface area (Å²) in [6, 6.07) is 1.91. The van der Waals surface area contributed by atoms with Crippen LogP contribution in [0.2, 0.25) is 0 Å². The van der Waals surface area contributed by atoms with E-state index in [0.29, 0.717) is 0 Å². The fraction of sp³-hybridized carbons (Fsp3) is 0.385. The third kappa shape index (κ3) is 1.65. The first-order valence-electron chi connectivity index (χ1n) is 5.94. The van der Waals surface area contributed by atoms with Gasteiger partial charge in [-0.05, 0) is 25.5 Å². The van der Waals surface area contributed by atoms with Gasteiger partial charge in [0.05, 0.1) is 17.8 Å². The van der Waals surface area contributed by atoms with Crippen LogP contribution < -0.4 is 5.32 Å². The van der Waals surface area contributed by atoms with E-state index in [-0.39, 0.29) is 11.8 Å². The van der Waals surface area contributed by atoms with Crippen LogP contribution in [-0.2, 0) is 7.05 Å². The number of aryl methyl sites for hydroxylation is 1. The van der Waals surface area contributed by atoms with Gasteiger partial charge in [-0.1, -0.05) is 0 Å². The molecule has 1 saturated heterocycles. The van der Waals surface area contributed by atoms with E-state index in [4.69, 9.17) is 0 Å². The first-order valence-corrected chi connectivity index (χ1v) is 5.94. The number of aromatic nitrogens is 2. The van der Waals surface area contributed by atoms with E-state index in [2.05, 4.69) is 10.3 Å². The van der Waals surface area contributed by atoms with Crippen molar-refractivity contribution >= 4 is 16.7 Å². The molecule has 0 amide bonds. The van der Waals surface area contributed by atoms with Crippen molar-refractivity contribution in [3.8, 4) is 0 Å². The number of hydrogen-bond donors (Lipinski definition) is 1. The zero-order valence-electron chi connectivity index (χ0n) is 9.81. The Kier molecular flexibility index (Phi) is 2.44. The fourth-order valence-electron chi connectivity index (χ4n) is 2.52. The summed E-state index contributed by atoms with van der Waals surface area (Å²) in [5, 5.41) is 4.26. The second kappa shape index (κ2) is 3.96. The molecule has 3 heterocycles. The molecule has 0 saturated carbocycles. The van der Waals surface area contributed by atoms with Crippen molar-refractivity contribution in [2.24, 2.45) is 7.05 Å². The zero-order chi connectivity index (χ0) is 11.8. The van der Waals surface area contributed by atoms with E-state index in [1.54, 1.807) is 12.4 Å². The lowest BCUT2D eigenvalue weighted by Crippen LogP contribution is -2.30. The number of hydrogen-bond acceptors (Lipinski definition) is 3. The predicted molar refractivity (Wildman–Crippen MR) is 66.1 cm³/mol. The highest BCUT2D eigenvalue weighted by Crippen LogP contribution is 2.22. The molecule has 0 bridgehead atoms. The molecule has 1 aliphatic rings. The number of carbonyl (C=O) groups is 1. The van der Waals surface area contributed by atoms with Gasteiger partial charge < -0.3 is 9.88 Å². The van der Waals surface area contributed by atoms with Gasteiger partial charge in [-0.2, -0.15) is 0 Å². The van der Waals surface area contributed by atoms with Crippen molar-refractivity contribution in [2.75, 3.05) is 6.54 Å². The molecular formula is C13H15N3O. The van der Waals surface area contributed by atoms with E-state index in [0.717, 1.165) is 35.9 Å². The average molecular weight is 229 g/mol. The highest BCUT2D eigenvalue weighted by Gasteiger charge is 2.25. The minimum Gasteiger partial charge on any atom is -0.349 e. The number of ketones is 1. The third-order valence-electron chi connectivity index (χ3n) is 3.44. The number of carbonyl (C=O) groups excluding carboxylic acids is 1. The van der Waals surface area contributed by atoms with Crippen molar-refractivity contribution in [1.29, 1.82) is 0 Å². The quantitative estimate of drug-likeness (QED) is 0.794. The predicted octanol–water partition coefficient (Wildman–Crippen LogP) is 1.51. The van der Waals surface area contributed by atoms with Gasteiger partial charge in [-0.3, -0.25) is 9.78 Å². The Morgan fingerprint density at radius 1 is 1.59 bits per heavy atom. The summed E-state index contributed by atoms with van der Waals surface area (Å²) in [5.41, 5.74) is 1.82. The second-order valence-electron chi connectivity index (χ2n) is 4.56. The van der Waals surface area contributed by atoms with Crippen LogP contribution in [0.3, 0.4) is 0 Å². The molecule has 0 aliphatic carbocycles. The summed E-state index contributed by atoms with van der Waals surface area (Å²) in [4.78, 5) is 16.5. The maximum absolute atomic E-state index is 12.4. The van der Waals surface area contributed by atoms with Crippen LogP contribution in [0.25, 0.3) is 10.9 Å². The van der Waals surface area contributed by atoms with Gasteiger partial charge in [0.1, 0.15) is 0 Å². The molecule has 0 aromatic carbocycles. The number of fused-ring (bicyclic) bond motifs is 1. The first-order chi connectivity index (χ1) is 8.27. The Morgan fingerprint density at radius 2 is 2.47 bits per heavy atom.